The first-order valence-electron chi connectivity index (χ1n) is 7.86. The minimum absolute atomic E-state index is 0.0307. The number of hydrogen-bond donors (Lipinski definition) is 2. The van der Waals surface area contributed by atoms with Crippen LogP contribution in [0, 0.1) is 0 Å². The van der Waals surface area contributed by atoms with Gasteiger partial charge in [-0.3, -0.25) is 9.78 Å². The van der Waals surface area contributed by atoms with Gasteiger partial charge in [-0.05, 0) is 36.8 Å². The van der Waals surface area contributed by atoms with Crippen molar-refractivity contribution in [3.05, 3.63) is 59.2 Å². The van der Waals surface area contributed by atoms with Gasteiger partial charge in [0.1, 0.15) is 5.69 Å². The average Bonchev–Trinajstić information content (AvgIpc) is 3.30. The van der Waals surface area contributed by atoms with Crippen LogP contribution in [0.3, 0.4) is 0 Å². The number of carbonyl (C=O) groups excluding carboxylic acids is 1. The predicted octanol–water partition coefficient (Wildman–Crippen LogP) is 3.65. The summed E-state index contributed by atoms with van der Waals surface area (Å²) in [4.78, 5) is 28.4. The molecule has 1 aromatic carbocycles. The number of thiazole rings is 1. The highest BCUT2D eigenvalue weighted by Crippen LogP contribution is 2.21. The van der Waals surface area contributed by atoms with Crippen LogP contribution in [0.1, 0.15) is 12.1 Å². The lowest BCUT2D eigenvalue weighted by Gasteiger charge is -2.04. The van der Waals surface area contributed by atoms with E-state index < -0.39 is 0 Å². The number of nitrogens with zero attached hydrogens (tertiary/aromatic N) is 3. The van der Waals surface area contributed by atoms with E-state index >= 15 is 0 Å². The van der Waals surface area contributed by atoms with E-state index in [1.165, 1.54) is 11.3 Å². The van der Waals surface area contributed by atoms with E-state index in [4.69, 9.17) is 0 Å². The van der Waals surface area contributed by atoms with Crippen molar-refractivity contribution in [1.82, 2.24) is 19.9 Å². The van der Waals surface area contributed by atoms with Gasteiger partial charge in [0.05, 0.1) is 22.2 Å². The maximum atomic E-state index is 12.1. The molecule has 25 heavy (non-hydrogen) atoms. The number of imidazole rings is 1. The van der Waals surface area contributed by atoms with Crippen LogP contribution in [0.5, 0.6) is 0 Å². The Morgan fingerprint density at radius 2 is 2.16 bits per heavy atom. The Balaban J connectivity index is 1.48. The fourth-order valence-electron chi connectivity index (χ4n) is 2.54. The van der Waals surface area contributed by atoms with E-state index in [0.29, 0.717) is 18.7 Å². The molecule has 0 atom stereocenters. The van der Waals surface area contributed by atoms with Gasteiger partial charge in [0, 0.05) is 23.7 Å². The first-order valence-corrected chi connectivity index (χ1v) is 8.80. The highest BCUT2D eigenvalue weighted by atomic mass is 32.1. The lowest BCUT2D eigenvalue weighted by Crippen LogP contribution is -2.12. The number of benzene rings is 1. The molecule has 0 aliphatic carbocycles. The van der Waals surface area contributed by atoms with Gasteiger partial charge in [0.25, 0.3) is 0 Å². The molecular weight excluding hydrogens is 334 g/mol. The predicted molar refractivity (Wildman–Crippen MR) is 98.4 cm³/mol. The number of amides is 1. The number of aromatic amines is 1. The summed E-state index contributed by atoms with van der Waals surface area (Å²) in [5, 5.41) is 4.88. The number of H-pyrrole nitrogens is 1. The summed E-state index contributed by atoms with van der Waals surface area (Å²) in [7, 11) is 0. The minimum Gasteiger partial charge on any atom is -0.337 e. The average molecular weight is 349 g/mol. The second-order valence-corrected chi connectivity index (χ2v) is 6.28. The van der Waals surface area contributed by atoms with Crippen molar-refractivity contribution in [1.29, 1.82) is 0 Å². The summed E-state index contributed by atoms with van der Waals surface area (Å²) in [6, 6.07) is 11.3. The van der Waals surface area contributed by atoms with Crippen molar-refractivity contribution < 1.29 is 4.79 Å². The Labute approximate surface area is 148 Å². The number of aryl methyl sites for hydroxylation is 1. The van der Waals surface area contributed by atoms with Crippen LogP contribution in [0.15, 0.2) is 53.5 Å². The topological polar surface area (TPSA) is 83.6 Å². The van der Waals surface area contributed by atoms with Crippen LogP contribution < -0.4 is 5.32 Å². The summed E-state index contributed by atoms with van der Waals surface area (Å²) >= 11 is 1.54. The molecular formula is C18H15N5OS. The summed E-state index contributed by atoms with van der Waals surface area (Å²) in [6.45, 7) is 0. The lowest BCUT2D eigenvalue weighted by atomic mass is 10.2. The molecule has 2 N–H and O–H groups in total. The van der Waals surface area contributed by atoms with E-state index in [9.17, 15) is 4.79 Å². The molecule has 4 rings (SSSR count). The Morgan fingerprint density at radius 1 is 1.20 bits per heavy atom. The number of hydrogen-bond acceptors (Lipinski definition) is 5. The molecule has 0 spiro atoms. The Hall–Kier alpha value is -3.06. The third-order valence-corrected chi connectivity index (χ3v) is 4.40. The van der Waals surface area contributed by atoms with E-state index in [0.717, 1.165) is 28.1 Å². The summed E-state index contributed by atoms with van der Waals surface area (Å²) in [5.41, 5.74) is 5.95. The van der Waals surface area contributed by atoms with Gasteiger partial charge >= 0.3 is 0 Å². The molecule has 0 bridgehead atoms. The molecule has 0 unspecified atom stereocenters. The van der Waals surface area contributed by atoms with E-state index in [1.807, 2.05) is 41.8 Å². The Kier molecular flexibility index (Phi) is 4.22. The van der Waals surface area contributed by atoms with Gasteiger partial charge in [0.15, 0.2) is 5.82 Å². The van der Waals surface area contributed by atoms with Crippen LogP contribution in [0.4, 0.5) is 5.69 Å². The van der Waals surface area contributed by atoms with Crippen molar-refractivity contribution in [3.63, 3.8) is 0 Å². The number of rotatable bonds is 5. The third kappa shape index (κ3) is 3.56. The quantitative estimate of drug-likeness (QED) is 0.576. The highest BCUT2D eigenvalue weighted by molar-refractivity contribution is 7.07. The standard InChI is InChI=1S/C18H15N5OS/c24-17(7-5-13-10-25-11-20-13)21-12-4-6-14-16(9-12)23-18(22-14)15-3-1-2-8-19-15/h1-4,6,8-11H,5,7H2,(H,21,24)(H,22,23). The number of pyridine rings is 1. The first-order chi connectivity index (χ1) is 12.3. The molecule has 0 fully saturated rings. The Morgan fingerprint density at radius 3 is 2.96 bits per heavy atom. The number of aromatic nitrogens is 4. The van der Waals surface area contributed by atoms with Crippen LogP contribution in [-0.2, 0) is 11.2 Å². The van der Waals surface area contributed by atoms with E-state index in [2.05, 4.69) is 25.3 Å². The SMILES string of the molecule is O=C(CCc1cscn1)Nc1ccc2nc(-c3ccccn3)[nH]c2c1. The fraction of sp³-hybridized carbons (Fsp3) is 0.111. The van der Waals surface area contributed by atoms with Crippen LogP contribution in [0.2, 0.25) is 0 Å². The molecule has 3 heterocycles. The largest absolute Gasteiger partial charge is 0.337 e. The summed E-state index contributed by atoms with van der Waals surface area (Å²) in [6.07, 6.45) is 2.78. The molecule has 0 saturated heterocycles. The van der Waals surface area contributed by atoms with Gasteiger partial charge in [-0.1, -0.05) is 6.07 Å². The zero-order valence-corrected chi connectivity index (χ0v) is 14.1. The molecule has 0 aliphatic heterocycles. The van der Waals surface area contributed by atoms with Crippen LogP contribution >= 0.6 is 11.3 Å². The number of nitrogens with one attached hydrogen (secondary N) is 2. The maximum Gasteiger partial charge on any atom is 0.224 e. The summed E-state index contributed by atoms with van der Waals surface area (Å²) in [5.74, 6) is 0.680. The van der Waals surface area contributed by atoms with Crippen molar-refractivity contribution in [3.8, 4) is 11.5 Å². The molecule has 0 aliphatic rings. The van der Waals surface area contributed by atoms with Crippen LogP contribution in [0.25, 0.3) is 22.6 Å². The molecule has 3 aromatic heterocycles. The molecule has 0 saturated carbocycles. The summed E-state index contributed by atoms with van der Waals surface area (Å²) < 4.78 is 0. The lowest BCUT2D eigenvalue weighted by molar-refractivity contribution is -0.116. The zero-order valence-electron chi connectivity index (χ0n) is 13.3. The van der Waals surface area contributed by atoms with Gasteiger partial charge in [-0.2, -0.15) is 0 Å². The zero-order chi connectivity index (χ0) is 17.1. The van der Waals surface area contributed by atoms with Gasteiger partial charge in [-0.25, -0.2) is 9.97 Å². The molecule has 1 amide bonds. The third-order valence-electron chi connectivity index (χ3n) is 3.76. The normalized spacial score (nSPS) is 10.9. The fourth-order valence-corrected chi connectivity index (χ4v) is 3.13. The van der Waals surface area contributed by atoms with Crippen LogP contribution in [-0.4, -0.2) is 25.8 Å². The number of anilines is 1. The van der Waals surface area contributed by atoms with Gasteiger partial charge in [0.2, 0.25) is 5.91 Å². The highest BCUT2D eigenvalue weighted by Gasteiger charge is 2.09. The first kappa shape index (κ1) is 15.5. The van der Waals surface area contributed by atoms with E-state index in [1.54, 1.807) is 11.7 Å². The van der Waals surface area contributed by atoms with Crippen molar-refractivity contribution in [2.24, 2.45) is 0 Å². The molecule has 7 heteroatoms. The maximum absolute atomic E-state index is 12.1. The van der Waals surface area contributed by atoms with Gasteiger partial charge in [-0.15, -0.1) is 11.3 Å². The minimum atomic E-state index is -0.0307. The monoisotopic (exact) mass is 349 g/mol. The van der Waals surface area contributed by atoms with Gasteiger partial charge < -0.3 is 10.3 Å². The van der Waals surface area contributed by atoms with Crippen molar-refractivity contribution >= 4 is 34.0 Å². The second-order valence-electron chi connectivity index (χ2n) is 5.56. The number of carbonyl (C=O) groups is 1. The molecule has 124 valence electrons. The molecule has 0 radical (unpaired) electrons. The smallest absolute Gasteiger partial charge is 0.224 e. The second kappa shape index (κ2) is 6.82. The van der Waals surface area contributed by atoms with Crippen molar-refractivity contribution in [2.75, 3.05) is 5.32 Å². The van der Waals surface area contributed by atoms with E-state index in [-0.39, 0.29) is 5.91 Å². The Bertz CT molecular complexity index is 995. The molecule has 4 aromatic rings. The van der Waals surface area contributed by atoms with Crippen molar-refractivity contribution in [2.45, 2.75) is 12.8 Å². The number of fused-ring (bicyclic) bond motifs is 1. The molecule has 6 nitrogen and oxygen atoms in total.